The molecule has 0 amide bonds. The number of Topliss-reactive ketones (excluding diaryl/α,β-unsaturated/α-hetero) is 1. The van der Waals surface area contributed by atoms with Crippen LogP contribution in [0.15, 0.2) is 24.3 Å². The molecule has 0 saturated carbocycles. The van der Waals surface area contributed by atoms with Gasteiger partial charge in [0.1, 0.15) is 16.6 Å². The van der Waals surface area contributed by atoms with Gasteiger partial charge in [0.2, 0.25) is 0 Å². The third-order valence-corrected chi connectivity index (χ3v) is 3.88. The van der Waals surface area contributed by atoms with Crippen LogP contribution in [0.3, 0.4) is 0 Å². The van der Waals surface area contributed by atoms with Gasteiger partial charge in [-0.2, -0.15) is 0 Å². The van der Waals surface area contributed by atoms with E-state index in [-0.39, 0.29) is 11.0 Å². The maximum absolute atomic E-state index is 12.2. The van der Waals surface area contributed by atoms with E-state index in [9.17, 15) is 4.79 Å². The molecule has 0 radical (unpaired) electrons. The normalized spacial score (nSPS) is 23.1. The summed E-state index contributed by atoms with van der Waals surface area (Å²) < 4.78 is 5.85. The summed E-state index contributed by atoms with van der Waals surface area (Å²) >= 11 is 1.55. The Labute approximate surface area is 94.0 Å². The smallest absolute Gasteiger partial charge is 0.183 e. The van der Waals surface area contributed by atoms with Gasteiger partial charge >= 0.3 is 0 Å². The van der Waals surface area contributed by atoms with E-state index >= 15 is 0 Å². The first-order valence-corrected chi connectivity index (χ1v) is 6.20. The third kappa shape index (κ3) is 1.65. The molecule has 3 heteroatoms. The van der Waals surface area contributed by atoms with E-state index in [2.05, 4.69) is 0 Å². The summed E-state index contributed by atoms with van der Waals surface area (Å²) in [6.45, 7) is 3.92. The van der Waals surface area contributed by atoms with Gasteiger partial charge in [-0.3, -0.25) is 4.79 Å². The molecule has 1 atom stereocenters. The van der Waals surface area contributed by atoms with Gasteiger partial charge in [-0.25, -0.2) is 0 Å². The summed E-state index contributed by atoms with van der Waals surface area (Å²) in [6, 6.07) is 7.44. The standard InChI is InChI=1S/C12H14O2S/c1-12(2)11(15-3)10(13)8-6-4-5-7-9(8)14-12/h4-7,11H,1-3H3. The number of ether oxygens (including phenoxy) is 1. The number of hydrogen-bond acceptors (Lipinski definition) is 3. The molecule has 80 valence electrons. The summed E-state index contributed by atoms with van der Waals surface area (Å²) in [5, 5.41) is -0.118. The van der Waals surface area contributed by atoms with Crippen molar-refractivity contribution < 1.29 is 9.53 Å². The van der Waals surface area contributed by atoms with E-state index in [0.717, 1.165) is 0 Å². The van der Waals surface area contributed by atoms with Gasteiger partial charge in [0.15, 0.2) is 5.78 Å². The van der Waals surface area contributed by atoms with E-state index in [1.807, 2.05) is 44.4 Å². The van der Waals surface area contributed by atoms with Crippen LogP contribution < -0.4 is 4.74 Å². The van der Waals surface area contributed by atoms with Gasteiger partial charge in [-0.1, -0.05) is 12.1 Å². The van der Waals surface area contributed by atoms with E-state index in [4.69, 9.17) is 4.74 Å². The summed E-state index contributed by atoms with van der Waals surface area (Å²) in [6.07, 6.45) is 1.95. The zero-order valence-corrected chi connectivity index (χ0v) is 9.93. The Balaban J connectivity index is 2.50. The zero-order chi connectivity index (χ0) is 11.1. The fourth-order valence-corrected chi connectivity index (χ4v) is 2.90. The molecule has 0 spiro atoms. The number of para-hydroxylation sites is 1. The second kappa shape index (κ2) is 3.56. The van der Waals surface area contributed by atoms with Crippen molar-refractivity contribution in [2.45, 2.75) is 24.7 Å². The average molecular weight is 222 g/mol. The minimum Gasteiger partial charge on any atom is -0.485 e. The molecule has 0 fully saturated rings. The monoisotopic (exact) mass is 222 g/mol. The number of carbonyl (C=O) groups is 1. The highest BCUT2D eigenvalue weighted by atomic mass is 32.2. The first-order chi connectivity index (χ1) is 7.06. The number of thioether (sulfide) groups is 1. The molecule has 0 bridgehead atoms. The Morgan fingerprint density at radius 1 is 1.33 bits per heavy atom. The Morgan fingerprint density at radius 2 is 2.00 bits per heavy atom. The van der Waals surface area contributed by atoms with Crippen LogP contribution in [0.1, 0.15) is 24.2 Å². The quantitative estimate of drug-likeness (QED) is 0.731. The molecule has 2 rings (SSSR count). The van der Waals surface area contributed by atoms with Crippen molar-refractivity contribution in [1.82, 2.24) is 0 Å². The summed E-state index contributed by atoms with van der Waals surface area (Å²) in [5.41, 5.74) is 0.279. The van der Waals surface area contributed by atoms with Gasteiger partial charge in [0, 0.05) is 0 Å². The average Bonchev–Trinajstić information content (AvgIpc) is 2.17. The molecular weight excluding hydrogens is 208 g/mol. The lowest BCUT2D eigenvalue weighted by molar-refractivity contribution is 0.0657. The minimum absolute atomic E-state index is 0.118. The van der Waals surface area contributed by atoms with Crippen LogP contribution >= 0.6 is 11.8 Å². The molecule has 1 aliphatic rings. The maximum Gasteiger partial charge on any atom is 0.183 e. The molecule has 0 aromatic heterocycles. The van der Waals surface area contributed by atoms with Crippen molar-refractivity contribution in [2.75, 3.05) is 6.26 Å². The number of rotatable bonds is 1. The second-order valence-corrected chi connectivity index (χ2v) is 5.12. The number of ketones is 1. The molecule has 1 aromatic rings. The Bertz CT molecular complexity index is 398. The van der Waals surface area contributed by atoms with Crippen LogP contribution in [0.4, 0.5) is 0 Å². The number of benzene rings is 1. The minimum atomic E-state index is -0.426. The lowest BCUT2D eigenvalue weighted by Crippen LogP contribution is -2.48. The van der Waals surface area contributed by atoms with Crippen LogP contribution in [0, 0.1) is 0 Å². The molecule has 1 heterocycles. The SMILES string of the molecule is CSC1C(=O)c2ccccc2OC1(C)C. The van der Waals surface area contributed by atoms with Crippen molar-refractivity contribution in [2.24, 2.45) is 0 Å². The molecule has 2 nitrogen and oxygen atoms in total. The second-order valence-electron chi connectivity index (χ2n) is 4.18. The van der Waals surface area contributed by atoms with Crippen LogP contribution in [-0.4, -0.2) is 22.9 Å². The number of hydrogen-bond donors (Lipinski definition) is 0. The lowest BCUT2D eigenvalue weighted by Gasteiger charge is -2.37. The van der Waals surface area contributed by atoms with Crippen molar-refractivity contribution in [1.29, 1.82) is 0 Å². The number of fused-ring (bicyclic) bond motifs is 1. The Hall–Kier alpha value is -0.960. The van der Waals surface area contributed by atoms with Gasteiger partial charge in [-0.05, 0) is 32.2 Å². The van der Waals surface area contributed by atoms with Crippen LogP contribution in [-0.2, 0) is 0 Å². The highest BCUT2D eigenvalue weighted by molar-refractivity contribution is 8.00. The van der Waals surface area contributed by atoms with E-state index in [1.165, 1.54) is 0 Å². The highest BCUT2D eigenvalue weighted by Gasteiger charge is 2.42. The Morgan fingerprint density at radius 3 is 2.67 bits per heavy atom. The summed E-state index contributed by atoms with van der Waals surface area (Å²) in [4.78, 5) is 12.2. The topological polar surface area (TPSA) is 26.3 Å². The molecule has 1 unspecified atom stereocenters. The first kappa shape index (κ1) is 10.6. The van der Waals surface area contributed by atoms with Crippen LogP contribution in [0.5, 0.6) is 5.75 Å². The molecule has 15 heavy (non-hydrogen) atoms. The highest BCUT2D eigenvalue weighted by Crippen LogP contribution is 2.37. The van der Waals surface area contributed by atoms with E-state index < -0.39 is 5.60 Å². The molecule has 0 saturated heterocycles. The van der Waals surface area contributed by atoms with Gasteiger partial charge in [0.05, 0.1) is 5.56 Å². The molecule has 0 N–H and O–H groups in total. The van der Waals surface area contributed by atoms with Crippen molar-refractivity contribution in [3.8, 4) is 5.75 Å². The van der Waals surface area contributed by atoms with E-state index in [1.54, 1.807) is 11.8 Å². The summed E-state index contributed by atoms with van der Waals surface area (Å²) in [5.74, 6) is 0.882. The van der Waals surface area contributed by atoms with Crippen LogP contribution in [0.2, 0.25) is 0 Å². The van der Waals surface area contributed by atoms with Crippen molar-refractivity contribution in [3.63, 3.8) is 0 Å². The van der Waals surface area contributed by atoms with Crippen LogP contribution in [0.25, 0.3) is 0 Å². The van der Waals surface area contributed by atoms with E-state index in [0.29, 0.717) is 11.3 Å². The summed E-state index contributed by atoms with van der Waals surface area (Å²) in [7, 11) is 0. The molecule has 0 aliphatic carbocycles. The van der Waals surface area contributed by atoms with Gasteiger partial charge in [-0.15, -0.1) is 11.8 Å². The van der Waals surface area contributed by atoms with Gasteiger partial charge < -0.3 is 4.74 Å². The fraction of sp³-hybridized carbons (Fsp3) is 0.417. The molecule has 1 aromatic carbocycles. The first-order valence-electron chi connectivity index (χ1n) is 4.91. The predicted molar refractivity (Wildman–Crippen MR) is 62.8 cm³/mol. The van der Waals surface area contributed by atoms with Gasteiger partial charge in [0.25, 0.3) is 0 Å². The van der Waals surface area contributed by atoms with Crippen molar-refractivity contribution in [3.05, 3.63) is 29.8 Å². The lowest BCUT2D eigenvalue weighted by atomic mass is 9.92. The molecular formula is C12H14O2S. The Kier molecular flexibility index (Phi) is 2.51. The largest absolute Gasteiger partial charge is 0.485 e. The van der Waals surface area contributed by atoms with Crippen molar-refractivity contribution >= 4 is 17.5 Å². The fourth-order valence-electron chi connectivity index (χ4n) is 1.94. The predicted octanol–water partition coefficient (Wildman–Crippen LogP) is 2.77. The third-order valence-electron chi connectivity index (χ3n) is 2.63. The molecule has 1 aliphatic heterocycles. The number of carbonyl (C=O) groups excluding carboxylic acids is 1. The maximum atomic E-state index is 12.2. The zero-order valence-electron chi connectivity index (χ0n) is 9.11.